The maximum absolute atomic E-state index is 13.6. The molecule has 34 heavy (non-hydrogen) atoms. The van der Waals surface area contributed by atoms with E-state index in [-0.39, 0.29) is 25.7 Å². The van der Waals surface area contributed by atoms with Crippen molar-refractivity contribution >= 4 is 64.5 Å². The maximum Gasteiger partial charge on any atom is 0.512 e. The molecule has 0 aliphatic carbocycles. The molecule has 0 amide bonds. The van der Waals surface area contributed by atoms with E-state index in [1.807, 2.05) is 0 Å². The number of ether oxygens (including phenoxy) is 1. The quantitative estimate of drug-likeness (QED) is 0.333. The second kappa shape index (κ2) is 8.61. The van der Waals surface area contributed by atoms with Gasteiger partial charge in [0.25, 0.3) is 10.0 Å². The highest BCUT2D eigenvalue weighted by Gasteiger charge is 2.25. The summed E-state index contributed by atoms with van der Waals surface area (Å²) >= 11 is 1.97. The first-order chi connectivity index (χ1) is 15.8. The lowest BCUT2D eigenvalue weighted by Crippen LogP contribution is -2.15. The molecular formula is C20H15FN2O7S4. The first-order valence-corrected chi connectivity index (χ1v) is 14.3. The SMILES string of the molecule is Cc1c(S(=O)(=O)Nc2ccc(-c3nc(OC(=O)O)cs3)cc2S(C)(=O)=O)sc2ccc(F)cc12. The van der Waals surface area contributed by atoms with E-state index in [1.165, 1.54) is 41.8 Å². The molecule has 0 bridgehead atoms. The number of hydrogen-bond acceptors (Lipinski definition) is 9. The second-order valence-corrected chi connectivity index (χ2v) is 12.9. The zero-order valence-electron chi connectivity index (χ0n) is 17.4. The number of carbonyl (C=O) groups is 1. The van der Waals surface area contributed by atoms with Crippen LogP contribution in [0.3, 0.4) is 0 Å². The number of fused-ring (bicyclic) bond motifs is 1. The number of thiophene rings is 1. The van der Waals surface area contributed by atoms with E-state index in [1.54, 1.807) is 6.92 Å². The van der Waals surface area contributed by atoms with Gasteiger partial charge in [0, 0.05) is 16.5 Å². The fourth-order valence-electron chi connectivity index (χ4n) is 3.19. The number of aromatic nitrogens is 1. The molecule has 4 rings (SSSR count). The number of aryl methyl sites for hydroxylation is 1. The molecule has 2 N–H and O–H groups in total. The van der Waals surface area contributed by atoms with Crippen molar-refractivity contribution in [3.8, 4) is 16.5 Å². The van der Waals surface area contributed by atoms with Gasteiger partial charge in [0.15, 0.2) is 9.84 Å². The minimum Gasteiger partial charge on any atom is -0.449 e. The summed E-state index contributed by atoms with van der Waals surface area (Å²) in [6.45, 7) is 1.55. The van der Waals surface area contributed by atoms with Crippen molar-refractivity contribution in [3.05, 3.63) is 53.2 Å². The number of hydrogen-bond donors (Lipinski definition) is 2. The van der Waals surface area contributed by atoms with Crippen molar-refractivity contribution in [1.82, 2.24) is 4.98 Å². The fourth-order valence-corrected chi connectivity index (χ4v) is 7.66. The lowest BCUT2D eigenvalue weighted by molar-refractivity contribution is 0.143. The van der Waals surface area contributed by atoms with Crippen molar-refractivity contribution in [2.75, 3.05) is 11.0 Å². The molecule has 2 aromatic heterocycles. The van der Waals surface area contributed by atoms with Crippen LogP contribution in [0.1, 0.15) is 5.56 Å². The van der Waals surface area contributed by atoms with Gasteiger partial charge in [0.2, 0.25) is 5.88 Å². The summed E-state index contributed by atoms with van der Waals surface area (Å²) < 4.78 is 72.2. The van der Waals surface area contributed by atoms with E-state index in [2.05, 4.69) is 14.4 Å². The van der Waals surface area contributed by atoms with Crippen molar-refractivity contribution in [1.29, 1.82) is 0 Å². The van der Waals surface area contributed by atoms with E-state index in [9.17, 15) is 26.0 Å². The number of halogens is 1. The number of nitrogens with zero attached hydrogens (tertiary/aromatic N) is 1. The van der Waals surface area contributed by atoms with Crippen molar-refractivity contribution in [2.45, 2.75) is 16.0 Å². The first kappa shape index (κ1) is 24.1. The predicted molar refractivity (Wildman–Crippen MR) is 127 cm³/mol. The largest absolute Gasteiger partial charge is 0.512 e. The van der Waals surface area contributed by atoms with E-state index in [4.69, 9.17) is 5.11 Å². The molecule has 178 valence electrons. The van der Waals surface area contributed by atoms with Gasteiger partial charge in [-0.25, -0.2) is 31.0 Å². The highest BCUT2D eigenvalue weighted by molar-refractivity contribution is 7.95. The number of rotatable bonds is 6. The monoisotopic (exact) mass is 542 g/mol. The molecule has 0 atom stereocenters. The van der Waals surface area contributed by atoms with Gasteiger partial charge >= 0.3 is 6.16 Å². The predicted octanol–water partition coefficient (Wildman–Crippen LogP) is 4.73. The molecule has 2 aromatic carbocycles. The Morgan fingerprint density at radius 2 is 1.88 bits per heavy atom. The van der Waals surface area contributed by atoms with Crippen molar-refractivity contribution in [3.63, 3.8) is 0 Å². The number of nitrogens with one attached hydrogen (secondary N) is 1. The number of benzene rings is 2. The molecule has 0 saturated carbocycles. The van der Waals surface area contributed by atoms with Crippen molar-refractivity contribution < 1.29 is 35.9 Å². The molecular weight excluding hydrogens is 527 g/mol. The van der Waals surface area contributed by atoms with Crippen LogP contribution in [0, 0.1) is 12.7 Å². The van der Waals surface area contributed by atoms with Crippen LogP contribution in [0.25, 0.3) is 20.7 Å². The topological polar surface area (TPSA) is 140 Å². The molecule has 4 aromatic rings. The van der Waals surface area contributed by atoms with Gasteiger partial charge in [-0.2, -0.15) is 0 Å². The van der Waals surface area contributed by atoms with Crippen molar-refractivity contribution in [2.24, 2.45) is 0 Å². The fraction of sp³-hybridized carbons (Fsp3) is 0.100. The zero-order valence-corrected chi connectivity index (χ0v) is 20.7. The molecule has 9 nitrogen and oxygen atoms in total. The average molecular weight is 543 g/mol. The van der Waals surface area contributed by atoms with Crippen LogP contribution in [0.5, 0.6) is 5.88 Å². The Labute approximate surface area is 201 Å². The molecule has 0 unspecified atom stereocenters. The van der Waals surface area contributed by atoms with E-state index >= 15 is 0 Å². The average Bonchev–Trinajstić information content (AvgIpc) is 3.32. The van der Waals surface area contributed by atoms with Crippen LogP contribution in [0.2, 0.25) is 0 Å². The minimum atomic E-state index is -4.20. The third-order valence-electron chi connectivity index (χ3n) is 4.65. The number of sulfonamides is 1. The normalized spacial score (nSPS) is 12.1. The minimum absolute atomic E-state index is 0.0630. The van der Waals surface area contributed by atoms with Crippen LogP contribution in [-0.2, 0) is 19.9 Å². The standard InChI is InChI=1S/C20H15FN2O7S4/c1-10-13-8-12(21)4-6-15(13)32-19(10)34(28,29)23-14-5-3-11(7-16(14)33(2,26)27)18-22-17(9-31-18)30-20(24)25/h3-9,23H,1-2H3,(H,24,25). The molecule has 0 fully saturated rings. The van der Waals surface area contributed by atoms with Gasteiger partial charge in [-0.3, -0.25) is 4.72 Å². The van der Waals surface area contributed by atoms with E-state index < -0.39 is 31.8 Å². The van der Waals surface area contributed by atoms with E-state index in [0.717, 1.165) is 28.9 Å². The maximum atomic E-state index is 13.6. The molecule has 14 heteroatoms. The summed E-state index contributed by atoms with van der Waals surface area (Å²) in [5, 5.41) is 10.8. The second-order valence-electron chi connectivity index (χ2n) is 7.10. The van der Waals surface area contributed by atoms with Crippen LogP contribution >= 0.6 is 22.7 Å². The lowest BCUT2D eigenvalue weighted by atomic mass is 10.2. The third-order valence-corrected chi connectivity index (χ3v) is 9.91. The Morgan fingerprint density at radius 3 is 2.56 bits per heavy atom. The Kier molecular flexibility index (Phi) is 6.10. The summed E-state index contributed by atoms with van der Waals surface area (Å²) in [7, 11) is -8.10. The molecule has 0 saturated heterocycles. The molecule has 0 aliphatic rings. The summed E-state index contributed by atoms with van der Waals surface area (Å²) in [4.78, 5) is 14.4. The van der Waals surface area contributed by atoms with Gasteiger partial charge in [0.1, 0.15) is 15.0 Å². The molecule has 0 aliphatic heterocycles. The Hall–Kier alpha value is -3.07. The van der Waals surface area contributed by atoms with Crippen LogP contribution < -0.4 is 9.46 Å². The van der Waals surface area contributed by atoms with Crippen LogP contribution in [-0.4, -0.2) is 39.3 Å². The van der Waals surface area contributed by atoms with Gasteiger partial charge in [-0.1, -0.05) is 0 Å². The van der Waals surface area contributed by atoms with Gasteiger partial charge < -0.3 is 9.84 Å². The summed E-state index contributed by atoms with van der Waals surface area (Å²) in [5.74, 6) is -0.672. The first-order valence-electron chi connectivity index (χ1n) is 9.27. The zero-order chi connectivity index (χ0) is 24.8. The lowest BCUT2D eigenvalue weighted by Gasteiger charge is -2.12. The van der Waals surface area contributed by atoms with Crippen LogP contribution in [0.4, 0.5) is 14.9 Å². The smallest absolute Gasteiger partial charge is 0.449 e. The third kappa shape index (κ3) is 4.75. The molecule has 0 spiro atoms. The summed E-state index contributed by atoms with van der Waals surface area (Å²) in [5.41, 5.74) is 0.494. The molecule has 2 heterocycles. The number of thiazole rings is 1. The number of anilines is 1. The number of carboxylic acid groups (broad SMARTS) is 1. The van der Waals surface area contributed by atoms with Gasteiger partial charge in [-0.15, -0.1) is 22.7 Å². The molecule has 0 radical (unpaired) electrons. The Bertz CT molecular complexity index is 1660. The Morgan fingerprint density at radius 1 is 1.15 bits per heavy atom. The van der Waals surface area contributed by atoms with Gasteiger partial charge in [-0.05, 0) is 54.3 Å². The van der Waals surface area contributed by atoms with Crippen LogP contribution in [0.15, 0.2) is 50.9 Å². The van der Waals surface area contributed by atoms with Gasteiger partial charge in [0.05, 0.1) is 16.0 Å². The highest BCUT2D eigenvalue weighted by Crippen LogP contribution is 2.37. The highest BCUT2D eigenvalue weighted by atomic mass is 32.2. The Balaban J connectivity index is 1.75. The summed E-state index contributed by atoms with van der Waals surface area (Å²) in [6, 6.07) is 7.92. The number of sulfone groups is 1. The summed E-state index contributed by atoms with van der Waals surface area (Å²) in [6.07, 6.45) is -0.615. The van der Waals surface area contributed by atoms with E-state index in [0.29, 0.717) is 21.2 Å².